The number of nitrogens with one attached hydrogen (secondary N) is 2. The Bertz CT molecular complexity index is 674. The number of nitrogens with zero attached hydrogens (tertiary/aromatic N) is 1. The number of hydrogen-bond donors (Lipinski definition) is 2. The Morgan fingerprint density at radius 1 is 1.42 bits per heavy atom. The van der Waals surface area contributed by atoms with E-state index < -0.39 is 0 Å². The summed E-state index contributed by atoms with van der Waals surface area (Å²) in [5.41, 5.74) is 2.64. The zero-order valence-corrected chi connectivity index (χ0v) is 15.2. The summed E-state index contributed by atoms with van der Waals surface area (Å²) in [7, 11) is 0. The summed E-state index contributed by atoms with van der Waals surface area (Å²) in [4.78, 5) is 17.0. The van der Waals surface area contributed by atoms with Gasteiger partial charge in [-0.25, -0.2) is 4.98 Å². The van der Waals surface area contributed by atoms with Gasteiger partial charge in [0.05, 0.1) is 5.01 Å². The second kappa shape index (κ2) is 7.90. The fourth-order valence-electron chi connectivity index (χ4n) is 2.97. The highest BCUT2D eigenvalue weighted by atomic mass is 32.1. The highest BCUT2D eigenvalue weighted by Crippen LogP contribution is 2.26. The van der Waals surface area contributed by atoms with Crippen LogP contribution in [0.4, 0.5) is 5.69 Å². The van der Waals surface area contributed by atoms with Crippen molar-refractivity contribution in [1.29, 1.82) is 0 Å². The van der Waals surface area contributed by atoms with Crippen LogP contribution in [0.25, 0.3) is 0 Å². The lowest BCUT2D eigenvalue weighted by atomic mass is 9.99. The number of benzene rings is 1. The number of piperidine rings is 1. The van der Waals surface area contributed by atoms with Gasteiger partial charge in [0, 0.05) is 23.5 Å². The Hall–Kier alpha value is -1.72. The Morgan fingerprint density at radius 3 is 2.88 bits per heavy atom. The Labute approximate surface area is 147 Å². The molecule has 0 saturated carbocycles. The number of carbonyl (C=O) groups is 1. The van der Waals surface area contributed by atoms with E-state index in [0.717, 1.165) is 36.6 Å². The summed E-state index contributed by atoms with van der Waals surface area (Å²) < 4.78 is 0. The number of amides is 1. The van der Waals surface area contributed by atoms with Crippen molar-refractivity contribution in [2.45, 2.75) is 44.9 Å². The maximum absolute atomic E-state index is 12.4. The van der Waals surface area contributed by atoms with Crippen molar-refractivity contribution in [2.75, 3.05) is 18.4 Å². The predicted octanol–water partition coefficient (Wildman–Crippen LogP) is 4.38. The van der Waals surface area contributed by atoms with Crippen molar-refractivity contribution in [2.24, 2.45) is 0 Å². The van der Waals surface area contributed by atoms with Crippen LogP contribution in [0.3, 0.4) is 0 Å². The fourth-order valence-corrected chi connectivity index (χ4v) is 3.90. The molecule has 1 aliphatic rings. The maximum Gasteiger partial charge on any atom is 0.275 e. The van der Waals surface area contributed by atoms with Gasteiger partial charge < -0.3 is 10.6 Å². The molecule has 2 N–H and O–H groups in total. The molecule has 2 heterocycles. The van der Waals surface area contributed by atoms with E-state index in [4.69, 9.17) is 0 Å². The van der Waals surface area contributed by atoms with E-state index in [-0.39, 0.29) is 5.91 Å². The third kappa shape index (κ3) is 4.02. The molecule has 24 heavy (non-hydrogen) atoms. The molecule has 1 saturated heterocycles. The molecule has 128 valence electrons. The fraction of sp³-hybridized carbons (Fsp3) is 0.474. The van der Waals surface area contributed by atoms with Crippen molar-refractivity contribution in [3.05, 3.63) is 45.9 Å². The maximum atomic E-state index is 12.4. The molecule has 1 amide bonds. The lowest BCUT2D eigenvalue weighted by Gasteiger charge is -2.20. The molecule has 4 nitrogen and oxygen atoms in total. The molecule has 1 aromatic heterocycles. The predicted molar refractivity (Wildman–Crippen MR) is 100 cm³/mol. The molecule has 1 aliphatic heterocycles. The standard InChI is InChI=1S/C19H25N3OS/c1-3-13(2)14-6-8-16(9-7-14)21-18(23)17-12-24-19(22-17)15-5-4-10-20-11-15/h6-9,12-13,15,20H,3-5,10-11H2,1-2H3,(H,21,23). The van der Waals surface area contributed by atoms with Crippen molar-refractivity contribution in [3.8, 4) is 0 Å². The van der Waals surface area contributed by atoms with Gasteiger partial charge in [0.15, 0.2) is 0 Å². The van der Waals surface area contributed by atoms with Crippen LogP contribution in [-0.4, -0.2) is 24.0 Å². The van der Waals surface area contributed by atoms with E-state index in [1.54, 1.807) is 11.3 Å². The second-order valence-electron chi connectivity index (χ2n) is 6.50. The zero-order valence-electron chi connectivity index (χ0n) is 14.3. The summed E-state index contributed by atoms with van der Waals surface area (Å²) in [5, 5.41) is 9.28. The van der Waals surface area contributed by atoms with Crippen LogP contribution in [-0.2, 0) is 0 Å². The average molecular weight is 343 g/mol. The molecule has 0 aliphatic carbocycles. The van der Waals surface area contributed by atoms with Gasteiger partial charge in [-0.05, 0) is 49.4 Å². The van der Waals surface area contributed by atoms with E-state index in [0.29, 0.717) is 17.5 Å². The molecule has 5 heteroatoms. The van der Waals surface area contributed by atoms with Crippen molar-refractivity contribution < 1.29 is 4.79 Å². The topological polar surface area (TPSA) is 54.0 Å². The van der Waals surface area contributed by atoms with E-state index in [1.807, 2.05) is 17.5 Å². The molecular formula is C19H25N3OS. The lowest BCUT2D eigenvalue weighted by molar-refractivity contribution is 0.102. The van der Waals surface area contributed by atoms with Gasteiger partial charge in [-0.1, -0.05) is 26.0 Å². The molecule has 0 bridgehead atoms. The number of hydrogen-bond acceptors (Lipinski definition) is 4. The average Bonchev–Trinajstić information content (AvgIpc) is 3.13. The molecule has 2 unspecified atom stereocenters. The van der Waals surface area contributed by atoms with E-state index in [9.17, 15) is 4.79 Å². The summed E-state index contributed by atoms with van der Waals surface area (Å²) in [6.45, 7) is 6.44. The number of anilines is 1. The normalized spacial score (nSPS) is 19.0. The monoisotopic (exact) mass is 343 g/mol. The molecule has 0 spiro atoms. The Morgan fingerprint density at radius 2 is 2.21 bits per heavy atom. The van der Waals surface area contributed by atoms with Crippen LogP contribution in [0.5, 0.6) is 0 Å². The number of thiazole rings is 1. The van der Waals surface area contributed by atoms with Crippen molar-refractivity contribution in [3.63, 3.8) is 0 Å². The molecule has 1 aromatic carbocycles. The zero-order chi connectivity index (χ0) is 16.9. The third-order valence-corrected chi connectivity index (χ3v) is 5.76. The minimum Gasteiger partial charge on any atom is -0.321 e. The minimum absolute atomic E-state index is 0.127. The van der Waals surface area contributed by atoms with Gasteiger partial charge in [0.1, 0.15) is 5.69 Å². The molecule has 3 rings (SSSR count). The summed E-state index contributed by atoms with van der Waals surface area (Å²) in [5.74, 6) is 0.859. The van der Waals surface area contributed by atoms with Crippen LogP contribution in [0.2, 0.25) is 0 Å². The quantitative estimate of drug-likeness (QED) is 0.847. The van der Waals surface area contributed by atoms with Crippen LogP contribution in [0.15, 0.2) is 29.6 Å². The van der Waals surface area contributed by atoms with E-state index >= 15 is 0 Å². The van der Waals surface area contributed by atoms with Crippen LogP contribution >= 0.6 is 11.3 Å². The van der Waals surface area contributed by atoms with E-state index in [2.05, 4.69) is 41.6 Å². The summed E-state index contributed by atoms with van der Waals surface area (Å²) >= 11 is 1.59. The number of aromatic nitrogens is 1. The first-order chi connectivity index (χ1) is 11.7. The van der Waals surface area contributed by atoms with Gasteiger partial charge in [0.25, 0.3) is 5.91 Å². The van der Waals surface area contributed by atoms with Gasteiger partial charge >= 0.3 is 0 Å². The largest absolute Gasteiger partial charge is 0.321 e. The molecule has 0 radical (unpaired) electrons. The first-order valence-electron chi connectivity index (χ1n) is 8.74. The second-order valence-corrected chi connectivity index (χ2v) is 7.39. The Balaban J connectivity index is 1.63. The van der Waals surface area contributed by atoms with Gasteiger partial charge in [-0.3, -0.25) is 4.79 Å². The number of rotatable bonds is 5. The first-order valence-corrected chi connectivity index (χ1v) is 9.62. The van der Waals surface area contributed by atoms with Crippen LogP contribution < -0.4 is 10.6 Å². The van der Waals surface area contributed by atoms with Gasteiger partial charge in [-0.15, -0.1) is 11.3 Å². The first kappa shape index (κ1) is 17.1. The van der Waals surface area contributed by atoms with Gasteiger partial charge in [-0.2, -0.15) is 0 Å². The third-order valence-electron chi connectivity index (χ3n) is 4.75. The summed E-state index contributed by atoms with van der Waals surface area (Å²) in [6, 6.07) is 8.11. The molecule has 1 fully saturated rings. The Kier molecular flexibility index (Phi) is 5.63. The molecule has 2 aromatic rings. The van der Waals surface area contributed by atoms with Crippen molar-refractivity contribution >= 4 is 22.9 Å². The lowest BCUT2D eigenvalue weighted by Crippen LogP contribution is -2.28. The highest BCUT2D eigenvalue weighted by molar-refractivity contribution is 7.10. The van der Waals surface area contributed by atoms with Crippen molar-refractivity contribution in [1.82, 2.24) is 10.3 Å². The van der Waals surface area contributed by atoms with Crippen LogP contribution in [0, 0.1) is 0 Å². The minimum atomic E-state index is -0.127. The summed E-state index contributed by atoms with van der Waals surface area (Å²) in [6.07, 6.45) is 3.44. The molecule has 2 atom stereocenters. The highest BCUT2D eigenvalue weighted by Gasteiger charge is 2.20. The smallest absolute Gasteiger partial charge is 0.275 e. The number of carbonyl (C=O) groups excluding carboxylic acids is 1. The van der Waals surface area contributed by atoms with Crippen LogP contribution in [0.1, 0.15) is 66.0 Å². The van der Waals surface area contributed by atoms with E-state index in [1.165, 1.54) is 12.0 Å². The SMILES string of the molecule is CCC(C)c1ccc(NC(=O)c2csc(C3CCCNC3)n2)cc1. The van der Waals surface area contributed by atoms with Gasteiger partial charge in [0.2, 0.25) is 0 Å². The molecular weight excluding hydrogens is 318 g/mol.